The Hall–Kier alpha value is -1.10. The van der Waals surface area contributed by atoms with Crippen LogP contribution in [0.3, 0.4) is 0 Å². The fourth-order valence-corrected chi connectivity index (χ4v) is 0.908. The van der Waals surface area contributed by atoms with Crippen molar-refractivity contribution in [3.05, 3.63) is 0 Å². The highest BCUT2D eigenvalue weighted by molar-refractivity contribution is 5.71. The molecular formula is C8H14N2O3. The SMILES string of the molecule is CCOCCC(=O)ON1C=NCC1. The molecule has 0 spiro atoms. The number of hydroxylamine groups is 2. The van der Waals surface area contributed by atoms with Crippen LogP contribution >= 0.6 is 0 Å². The molecule has 1 rings (SSSR count). The Kier molecular flexibility index (Phi) is 4.25. The number of aliphatic imine (C=N–C) groups is 1. The lowest BCUT2D eigenvalue weighted by Crippen LogP contribution is -2.24. The number of nitrogens with zero attached hydrogens (tertiary/aromatic N) is 2. The van der Waals surface area contributed by atoms with E-state index in [1.807, 2.05) is 6.92 Å². The van der Waals surface area contributed by atoms with Crippen molar-refractivity contribution in [2.24, 2.45) is 4.99 Å². The average molecular weight is 186 g/mol. The number of hydrogen-bond donors (Lipinski definition) is 0. The predicted molar refractivity (Wildman–Crippen MR) is 47.3 cm³/mol. The molecule has 0 aliphatic carbocycles. The Morgan fingerprint density at radius 2 is 2.54 bits per heavy atom. The number of hydrogen-bond acceptors (Lipinski definition) is 5. The van der Waals surface area contributed by atoms with Gasteiger partial charge < -0.3 is 9.57 Å². The van der Waals surface area contributed by atoms with E-state index < -0.39 is 0 Å². The molecule has 0 fully saturated rings. The van der Waals surface area contributed by atoms with Gasteiger partial charge in [0.1, 0.15) is 6.34 Å². The van der Waals surface area contributed by atoms with Crippen LogP contribution in [0.1, 0.15) is 13.3 Å². The summed E-state index contributed by atoms with van der Waals surface area (Å²) >= 11 is 0. The van der Waals surface area contributed by atoms with Crippen LogP contribution in [0.2, 0.25) is 0 Å². The zero-order chi connectivity index (χ0) is 9.52. The van der Waals surface area contributed by atoms with Crippen molar-refractivity contribution in [3.8, 4) is 0 Å². The van der Waals surface area contributed by atoms with E-state index in [1.54, 1.807) is 0 Å². The highest BCUT2D eigenvalue weighted by Crippen LogP contribution is 1.97. The maximum absolute atomic E-state index is 11.1. The molecule has 0 amide bonds. The Bertz CT molecular complexity index is 194. The van der Waals surface area contributed by atoms with Gasteiger partial charge in [-0.1, -0.05) is 0 Å². The van der Waals surface area contributed by atoms with Crippen LogP contribution in [-0.4, -0.2) is 43.7 Å². The third kappa shape index (κ3) is 3.89. The third-order valence-corrected chi connectivity index (χ3v) is 1.53. The molecule has 0 aromatic rings. The monoisotopic (exact) mass is 186 g/mol. The van der Waals surface area contributed by atoms with E-state index in [0.717, 1.165) is 0 Å². The molecule has 0 aromatic heterocycles. The zero-order valence-corrected chi connectivity index (χ0v) is 7.73. The summed E-state index contributed by atoms with van der Waals surface area (Å²) in [5.41, 5.74) is 0. The topological polar surface area (TPSA) is 51.1 Å². The first kappa shape index (κ1) is 9.98. The van der Waals surface area contributed by atoms with Crippen LogP contribution in [0.4, 0.5) is 0 Å². The van der Waals surface area contributed by atoms with Crippen molar-refractivity contribution >= 4 is 12.3 Å². The second-order valence-corrected chi connectivity index (χ2v) is 2.57. The maximum Gasteiger partial charge on any atom is 0.334 e. The van der Waals surface area contributed by atoms with Gasteiger partial charge in [0.05, 0.1) is 26.1 Å². The molecule has 1 heterocycles. The first-order chi connectivity index (χ1) is 6.33. The molecule has 0 unspecified atom stereocenters. The largest absolute Gasteiger partial charge is 0.381 e. The number of ether oxygens (including phenoxy) is 1. The van der Waals surface area contributed by atoms with Gasteiger partial charge in [0.2, 0.25) is 0 Å². The summed E-state index contributed by atoms with van der Waals surface area (Å²) in [6.07, 6.45) is 1.82. The van der Waals surface area contributed by atoms with Crippen molar-refractivity contribution < 1.29 is 14.4 Å². The van der Waals surface area contributed by atoms with Crippen LogP contribution < -0.4 is 0 Å². The third-order valence-electron chi connectivity index (χ3n) is 1.53. The van der Waals surface area contributed by atoms with Crippen molar-refractivity contribution in [1.82, 2.24) is 5.06 Å². The molecule has 0 atom stereocenters. The maximum atomic E-state index is 11.1. The lowest BCUT2D eigenvalue weighted by Gasteiger charge is -2.12. The molecule has 5 heteroatoms. The van der Waals surface area contributed by atoms with Crippen LogP contribution in [0, 0.1) is 0 Å². The molecular weight excluding hydrogens is 172 g/mol. The molecule has 0 radical (unpaired) electrons. The highest BCUT2D eigenvalue weighted by Gasteiger charge is 2.11. The van der Waals surface area contributed by atoms with Gasteiger partial charge in [-0.05, 0) is 6.92 Å². The minimum absolute atomic E-state index is 0.276. The fourth-order valence-electron chi connectivity index (χ4n) is 0.908. The first-order valence-corrected chi connectivity index (χ1v) is 4.38. The highest BCUT2D eigenvalue weighted by atomic mass is 16.7. The quantitative estimate of drug-likeness (QED) is 0.576. The normalized spacial score (nSPS) is 15.0. The Labute approximate surface area is 77.3 Å². The summed E-state index contributed by atoms with van der Waals surface area (Å²) < 4.78 is 5.02. The van der Waals surface area contributed by atoms with Crippen molar-refractivity contribution in [1.29, 1.82) is 0 Å². The van der Waals surface area contributed by atoms with Gasteiger partial charge in [-0.3, -0.25) is 4.99 Å². The smallest absolute Gasteiger partial charge is 0.334 e. The molecule has 5 nitrogen and oxygen atoms in total. The second-order valence-electron chi connectivity index (χ2n) is 2.57. The van der Waals surface area contributed by atoms with E-state index in [1.165, 1.54) is 11.4 Å². The lowest BCUT2D eigenvalue weighted by atomic mass is 10.5. The summed E-state index contributed by atoms with van der Waals surface area (Å²) in [6.45, 7) is 4.27. The van der Waals surface area contributed by atoms with Crippen LogP contribution in [0.25, 0.3) is 0 Å². The van der Waals surface area contributed by atoms with Gasteiger partial charge in [-0.15, -0.1) is 0 Å². The van der Waals surface area contributed by atoms with E-state index in [-0.39, 0.29) is 12.4 Å². The van der Waals surface area contributed by atoms with Gasteiger partial charge in [-0.25, -0.2) is 4.79 Å². The van der Waals surface area contributed by atoms with Crippen LogP contribution in [0.15, 0.2) is 4.99 Å². The predicted octanol–water partition coefficient (Wildman–Crippen LogP) is 0.215. The van der Waals surface area contributed by atoms with Gasteiger partial charge in [0, 0.05) is 6.61 Å². The molecule has 1 aliphatic heterocycles. The molecule has 0 saturated carbocycles. The fraction of sp³-hybridized carbons (Fsp3) is 0.750. The Balaban J connectivity index is 2.06. The molecule has 0 aromatic carbocycles. The molecule has 13 heavy (non-hydrogen) atoms. The molecule has 1 aliphatic rings. The van der Waals surface area contributed by atoms with E-state index in [4.69, 9.17) is 9.57 Å². The zero-order valence-electron chi connectivity index (χ0n) is 7.73. The van der Waals surface area contributed by atoms with Gasteiger partial charge >= 0.3 is 5.97 Å². The summed E-state index contributed by atoms with van der Waals surface area (Å²) in [5, 5.41) is 1.44. The van der Waals surface area contributed by atoms with Gasteiger partial charge in [0.25, 0.3) is 0 Å². The minimum Gasteiger partial charge on any atom is -0.381 e. The van der Waals surface area contributed by atoms with Crippen molar-refractivity contribution in [2.45, 2.75) is 13.3 Å². The Morgan fingerprint density at radius 1 is 1.69 bits per heavy atom. The van der Waals surface area contributed by atoms with Crippen LogP contribution in [0.5, 0.6) is 0 Å². The number of rotatable bonds is 5. The van der Waals surface area contributed by atoms with E-state index >= 15 is 0 Å². The van der Waals surface area contributed by atoms with Crippen LogP contribution in [-0.2, 0) is 14.4 Å². The average Bonchev–Trinajstić information content (AvgIpc) is 2.57. The van der Waals surface area contributed by atoms with Crippen molar-refractivity contribution in [3.63, 3.8) is 0 Å². The summed E-state index contributed by atoms with van der Waals surface area (Å²) in [4.78, 5) is 19.9. The van der Waals surface area contributed by atoms with Gasteiger partial charge in [0.15, 0.2) is 0 Å². The first-order valence-electron chi connectivity index (χ1n) is 4.38. The number of carbonyl (C=O) groups is 1. The molecule has 74 valence electrons. The molecule has 0 bridgehead atoms. The minimum atomic E-state index is -0.276. The summed E-state index contributed by atoms with van der Waals surface area (Å²) in [6, 6.07) is 0. The van der Waals surface area contributed by atoms with Crippen molar-refractivity contribution in [2.75, 3.05) is 26.3 Å². The molecule has 0 N–H and O–H groups in total. The summed E-state index contributed by atoms with van der Waals surface area (Å²) in [7, 11) is 0. The summed E-state index contributed by atoms with van der Waals surface area (Å²) in [5.74, 6) is -0.276. The van der Waals surface area contributed by atoms with Gasteiger partial charge in [-0.2, -0.15) is 5.06 Å². The second kappa shape index (κ2) is 5.53. The van der Waals surface area contributed by atoms with E-state index in [0.29, 0.717) is 26.3 Å². The Morgan fingerprint density at radius 3 is 3.15 bits per heavy atom. The van der Waals surface area contributed by atoms with E-state index in [9.17, 15) is 4.79 Å². The van der Waals surface area contributed by atoms with E-state index in [2.05, 4.69) is 4.99 Å². The molecule has 0 saturated heterocycles. The standard InChI is InChI=1S/C8H14N2O3/c1-2-12-6-3-8(11)13-10-5-4-9-7-10/h7H,2-6H2,1H3. The lowest BCUT2D eigenvalue weighted by molar-refractivity contribution is -0.171. The number of carbonyl (C=O) groups excluding carboxylic acids is 1.